The van der Waals surface area contributed by atoms with Crippen molar-refractivity contribution in [3.8, 4) is 0 Å². The number of carboxylic acids is 1. The molecular formula is C14H17NO5. The Kier molecular flexibility index (Phi) is 4.95. The van der Waals surface area contributed by atoms with E-state index < -0.39 is 18.0 Å². The van der Waals surface area contributed by atoms with Crippen LogP contribution >= 0.6 is 0 Å². The fourth-order valence-electron chi connectivity index (χ4n) is 1.94. The van der Waals surface area contributed by atoms with Gasteiger partial charge in [-0.05, 0) is 5.56 Å². The highest BCUT2D eigenvalue weighted by Crippen LogP contribution is 2.10. The molecule has 2 rings (SSSR count). The van der Waals surface area contributed by atoms with E-state index in [2.05, 4.69) is 0 Å². The molecule has 0 spiro atoms. The lowest BCUT2D eigenvalue weighted by molar-refractivity contribution is -0.143. The zero-order chi connectivity index (χ0) is 14.4. The average molecular weight is 279 g/mol. The van der Waals surface area contributed by atoms with Gasteiger partial charge in [-0.15, -0.1) is 0 Å². The summed E-state index contributed by atoms with van der Waals surface area (Å²) in [5.74, 6) is -1.67. The zero-order valence-electron chi connectivity index (χ0n) is 11.0. The van der Waals surface area contributed by atoms with Crippen molar-refractivity contribution in [3.63, 3.8) is 0 Å². The number of benzene rings is 1. The molecule has 0 bridgehead atoms. The number of carboxylic acid groups (broad SMARTS) is 1. The third-order valence-electron chi connectivity index (χ3n) is 3.08. The second-order valence-corrected chi connectivity index (χ2v) is 4.60. The summed E-state index contributed by atoms with van der Waals surface area (Å²) in [6, 6.07) is 9.33. The molecule has 20 heavy (non-hydrogen) atoms. The summed E-state index contributed by atoms with van der Waals surface area (Å²) >= 11 is 0. The second-order valence-electron chi connectivity index (χ2n) is 4.60. The summed E-state index contributed by atoms with van der Waals surface area (Å²) in [7, 11) is 0. The van der Waals surface area contributed by atoms with Gasteiger partial charge < -0.3 is 19.5 Å². The molecular weight excluding hydrogens is 262 g/mol. The van der Waals surface area contributed by atoms with Gasteiger partial charge in [-0.1, -0.05) is 30.3 Å². The van der Waals surface area contributed by atoms with Gasteiger partial charge >= 0.3 is 12.1 Å². The van der Waals surface area contributed by atoms with Crippen molar-refractivity contribution in [2.45, 2.75) is 6.61 Å². The maximum absolute atomic E-state index is 11.9. The molecule has 1 aromatic rings. The molecule has 1 unspecified atom stereocenters. The van der Waals surface area contributed by atoms with E-state index in [1.54, 1.807) is 0 Å². The van der Waals surface area contributed by atoms with Gasteiger partial charge in [-0.2, -0.15) is 0 Å². The van der Waals surface area contributed by atoms with Crippen molar-refractivity contribution in [1.82, 2.24) is 4.90 Å². The monoisotopic (exact) mass is 279 g/mol. The number of nitrogens with zero attached hydrogens (tertiary/aromatic N) is 1. The van der Waals surface area contributed by atoms with Gasteiger partial charge in [0.2, 0.25) is 0 Å². The highest BCUT2D eigenvalue weighted by molar-refractivity contribution is 5.73. The maximum atomic E-state index is 11.9. The van der Waals surface area contributed by atoms with Gasteiger partial charge in [0.15, 0.2) is 0 Å². The van der Waals surface area contributed by atoms with Crippen LogP contribution in [0.5, 0.6) is 0 Å². The molecule has 108 valence electrons. The van der Waals surface area contributed by atoms with E-state index in [0.717, 1.165) is 5.56 Å². The standard InChI is InChI=1S/C14H17NO5/c16-13(17)12-8-15(6-7-19-10-12)14(18)20-9-11-4-2-1-3-5-11/h1-5,12H,6-10H2,(H,16,17). The van der Waals surface area contributed by atoms with Crippen LogP contribution < -0.4 is 0 Å². The van der Waals surface area contributed by atoms with Crippen molar-refractivity contribution in [1.29, 1.82) is 0 Å². The summed E-state index contributed by atoms with van der Waals surface area (Å²) in [4.78, 5) is 24.3. The first kappa shape index (κ1) is 14.3. The molecule has 0 radical (unpaired) electrons. The van der Waals surface area contributed by atoms with E-state index in [0.29, 0.717) is 13.2 Å². The van der Waals surface area contributed by atoms with Crippen molar-refractivity contribution < 1.29 is 24.2 Å². The molecule has 6 nitrogen and oxygen atoms in total. The number of carbonyl (C=O) groups excluding carboxylic acids is 1. The summed E-state index contributed by atoms with van der Waals surface area (Å²) in [6.45, 7) is 1.08. The normalized spacial score (nSPS) is 19.2. The Balaban J connectivity index is 1.89. The van der Waals surface area contributed by atoms with Crippen LogP contribution in [-0.2, 0) is 20.9 Å². The molecule has 1 fully saturated rings. The molecule has 1 aliphatic heterocycles. The van der Waals surface area contributed by atoms with Gasteiger partial charge in [0.25, 0.3) is 0 Å². The summed E-state index contributed by atoms with van der Waals surface area (Å²) in [5.41, 5.74) is 0.890. The molecule has 1 aliphatic rings. The van der Waals surface area contributed by atoms with E-state index in [1.165, 1.54) is 4.90 Å². The smallest absolute Gasteiger partial charge is 0.410 e. The van der Waals surface area contributed by atoms with E-state index in [4.69, 9.17) is 14.6 Å². The summed E-state index contributed by atoms with van der Waals surface area (Å²) in [5, 5.41) is 9.01. The quantitative estimate of drug-likeness (QED) is 0.904. The first-order chi connectivity index (χ1) is 9.66. The molecule has 1 heterocycles. The van der Waals surface area contributed by atoms with Gasteiger partial charge in [0.1, 0.15) is 6.61 Å². The lowest BCUT2D eigenvalue weighted by Crippen LogP contribution is -2.38. The Morgan fingerprint density at radius 1 is 1.35 bits per heavy atom. The van der Waals surface area contributed by atoms with Crippen LogP contribution in [-0.4, -0.2) is 48.4 Å². The number of carbonyl (C=O) groups is 2. The molecule has 1 saturated heterocycles. The Morgan fingerprint density at radius 2 is 2.10 bits per heavy atom. The number of hydrogen-bond acceptors (Lipinski definition) is 4. The van der Waals surface area contributed by atoms with E-state index in [9.17, 15) is 9.59 Å². The second kappa shape index (κ2) is 6.91. The third kappa shape index (κ3) is 3.96. The van der Waals surface area contributed by atoms with Crippen LogP contribution in [0.4, 0.5) is 4.79 Å². The van der Waals surface area contributed by atoms with E-state index in [-0.39, 0.29) is 19.8 Å². The fourth-order valence-corrected chi connectivity index (χ4v) is 1.94. The van der Waals surface area contributed by atoms with Crippen LogP contribution in [0.2, 0.25) is 0 Å². The van der Waals surface area contributed by atoms with Crippen molar-refractivity contribution in [3.05, 3.63) is 35.9 Å². The number of hydrogen-bond donors (Lipinski definition) is 1. The lowest BCUT2D eigenvalue weighted by atomic mass is 10.1. The van der Waals surface area contributed by atoms with Crippen LogP contribution in [0, 0.1) is 5.92 Å². The fraction of sp³-hybridized carbons (Fsp3) is 0.429. The number of rotatable bonds is 3. The molecule has 1 aromatic carbocycles. The third-order valence-corrected chi connectivity index (χ3v) is 3.08. The van der Waals surface area contributed by atoms with Crippen LogP contribution in [0.3, 0.4) is 0 Å². The SMILES string of the molecule is O=C(O)C1COCCN(C(=O)OCc2ccccc2)C1. The van der Waals surface area contributed by atoms with Gasteiger partial charge in [-0.3, -0.25) is 4.79 Å². The zero-order valence-corrected chi connectivity index (χ0v) is 11.0. The molecule has 0 saturated carbocycles. The van der Waals surface area contributed by atoms with E-state index in [1.807, 2.05) is 30.3 Å². The van der Waals surface area contributed by atoms with Crippen LogP contribution in [0.15, 0.2) is 30.3 Å². The largest absolute Gasteiger partial charge is 0.481 e. The molecule has 0 aromatic heterocycles. The maximum Gasteiger partial charge on any atom is 0.410 e. The topological polar surface area (TPSA) is 76.1 Å². The van der Waals surface area contributed by atoms with Crippen LogP contribution in [0.1, 0.15) is 5.56 Å². The number of aliphatic carboxylic acids is 1. The molecule has 1 N–H and O–H groups in total. The number of ether oxygens (including phenoxy) is 2. The highest BCUT2D eigenvalue weighted by atomic mass is 16.6. The summed E-state index contributed by atoms with van der Waals surface area (Å²) < 4.78 is 10.4. The minimum atomic E-state index is -0.965. The van der Waals surface area contributed by atoms with Crippen molar-refractivity contribution in [2.75, 3.05) is 26.3 Å². The minimum absolute atomic E-state index is 0.114. The Morgan fingerprint density at radius 3 is 2.80 bits per heavy atom. The van der Waals surface area contributed by atoms with E-state index >= 15 is 0 Å². The first-order valence-electron chi connectivity index (χ1n) is 6.43. The Labute approximate surface area is 116 Å². The predicted molar refractivity (Wildman–Crippen MR) is 70.1 cm³/mol. The number of amides is 1. The first-order valence-corrected chi connectivity index (χ1v) is 6.43. The summed E-state index contributed by atoms with van der Waals surface area (Å²) in [6.07, 6.45) is -0.509. The Hall–Kier alpha value is -2.08. The Bertz CT molecular complexity index is 462. The molecule has 6 heteroatoms. The lowest BCUT2D eigenvalue weighted by Gasteiger charge is -2.21. The van der Waals surface area contributed by atoms with Gasteiger partial charge in [-0.25, -0.2) is 4.79 Å². The molecule has 1 atom stereocenters. The van der Waals surface area contributed by atoms with Crippen molar-refractivity contribution >= 4 is 12.1 Å². The highest BCUT2D eigenvalue weighted by Gasteiger charge is 2.27. The molecule has 0 aliphatic carbocycles. The van der Waals surface area contributed by atoms with Crippen LogP contribution in [0.25, 0.3) is 0 Å². The molecule has 1 amide bonds. The minimum Gasteiger partial charge on any atom is -0.481 e. The average Bonchev–Trinajstić information content (AvgIpc) is 2.72. The predicted octanol–water partition coefficient (Wildman–Crippen LogP) is 1.36. The van der Waals surface area contributed by atoms with Gasteiger partial charge in [0, 0.05) is 13.1 Å². The van der Waals surface area contributed by atoms with Crippen molar-refractivity contribution in [2.24, 2.45) is 5.92 Å². The van der Waals surface area contributed by atoms with Gasteiger partial charge in [0.05, 0.1) is 19.1 Å².